The van der Waals surface area contributed by atoms with E-state index in [0.29, 0.717) is 0 Å². The predicted octanol–water partition coefficient (Wildman–Crippen LogP) is 1.17. The molecule has 0 heterocycles. The number of alkyl halides is 1. The van der Waals surface area contributed by atoms with Gasteiger partial charge >= 0.3 is 5.97 Å². The summed E-state index contributed by atoms with van der Waals surface area (Å²) < 4.78 is 11.8. The van der Waals surface area contributed by atoms with E-state index < -0.39 is 18.2 Å². The Morgan fingerprint density at radius 2 is 2.17 bits per heavy atom. The van der Waals surface area contributed by atoms with Crippen LogP contribution in [0.3, 0.4) is 0 Å². The zero-order valence-corrected chi connectivity index (χ0v) is 7.51. The number of carboxylic acids is 1. The number of halogens is 1. The van der Waals surface area contributed by atoms with Crippen LogP contribution in [0.5, 0.6) is 0 Å². The largest absolute Gasteiger partial charge is 0.480 e. The molecule has 3 nitrogen and oxygen atoms in total. The summed E-state index contributed by atoms with van der Waals surface area (Å²) in [5.74, 6) is -1.23. The summed E-state index contributed by atoms with van der Waals surface area (Å²) in [7, 11) is 0. The first kappa shape index (κ1) is 11.4. The van der Waals surface area contributed by atoms with E-state index in [1.807, 2.05) is 0 Å². The average Bonchev–Trinajstić information content (AvgIpc) is 1.99. The number of hydrogen-bond donors (Lipinski definition) is 2. The maximum Gasteiger partial charge on any atom is 0.323 e. The molecule has 0 saturated heterocycles. The van der Waals surface area contributed by atoms with Crippen molar-refractivity contribution in [3.8, 4) is 0 Å². The lowest BCUT2D eigenvalue weighted by atomic mass is 9.83. The van der Waals surface area contributed by atoms with Gasteiger partial charge in [0.2, 0.25) is 0 Å². The highest BCUT2D eigenvalue weighted by atomic mass is 19.1. The number of carbonyl (C=O) groups is 1. The van der Waals surface area contributed by atoms with E-state index in [1.165, 1.54) is 0 Å². The molecule has 0 aromatic heterocycles. The second-order valence-corrected chi connectivity index (χ2v) is 3.29. The highest BCUT2D eigenvalue weighted by molar-refractivity contribution is 5.78. The lowest BCUT2D eigenvalue weighted by molar-refractivity contribution is -0.145. The van der Waals surface area contributed by atoms with E-state index in [-0.39, 0.29) is 18.8 Å². The molecule has 0 aromatic carbocycles. The van der Waals surface area contributed by atoms with Crippen LogP contribution in [0.15, 0.2) is 0 Å². The Labute approximate surface area is 71.8 Å². The zero-order chi connectivity index (χ0) is 9.78. The number of hydrogen-bond acceptors (Lipinski definition) is 2. The summed E-state index contributed by atoms with van der Waals surface area (Å²) in [6.07, 6.45) is 0.400. The first-order valence-electron chi connectivity index (χ1n) is 4.03. The molecule has 0 amide bonds. The van der Waals surface area contributed by atoms with Crippen LogP contribution in [-0.2, 0) is 4.79 Å². The summed E-state index contributed by atoms with van der Waals surface area (Å²) >= 11 is 0. The molecule has 12 heavy (non-hydrogen) atoms. The monoisotopic (exact) mass is 177 g/mol. The van der Waals surface area contributed by atoms with Gasteiger partial charge in [-0.15, -0.1) is 0 Å². The van der Waals surface area contributed by atoms with Crippen LogP contribution in [0.25, 0.3) is 0 Å². The highest BCUT2D eigenvalue weighted by Gasteiger charge is 2.36. The van der Waals surface area contributed by atoms with Gasteiger partial charge in [-0.05, 0) is 18.8 Å². The van der Waals surface area contributed by atoms with E-state index in [2.05, 4.69) is 0 Å². The maximum absolute atomic E-state index is 11.8. The molecule has 0 aromatic rings. The van der Waals surface area contributed by atoms with Crippen molar-refractivity contribution < 1.29 is 14.3 Å². The van der Waals surface area contributed by atoms with Gasteiger partial charge in [0.15, 0.2) is 0 Å². The SMILES string of the molecule is CC(C)[C@@](N)(CCCF)C(=O)O. The predicted molar refractivity (Wildman–Crippen MR) is 44.6 cm³/mol. The lowest BCUT2D eigenvalue weighted by Crippen LogP contribution is -2.52. The number of nitrogens with two attached hydrogens (primary N) is 1. The van der Waals surface area contributed by atoms with Crippen LogP contribution in [0.2, 0.25) is 0 Å². The Hall–Kier alpha value is -0.640. The van der Waals surface area contributed by atoms with Crippen LogP contribution in [0.1, 0.15) is 26.7 Å². The van der Waals surface area contributed by atoms with Gasteiger partial charge in [0, 0.05) is 0 Å². The zero-order valence-electron chi connectivity index (χ0n) is 7.51. The van der Waals surface area contributed by atoms with Gasteiger partial charge in [-0.3, -0.25) is 9.18 Å². The summed E-state index contributed by atoms with van der Waals surface area (Å²) in [5.41, 5.74) is 4.33. The van der Waals surface area contributed by atoms with Gasteiger partial charge in [0.25, 0.3) is 0 Å². The molecule has 3 N–H and O–H groups in total. The molecular formula is C8H16FNO2. The van der Waals surface area contributed by atoms with Crippen molar-refractivity contribution in [2.45, 2.75) is 32.2 Å². The average molecular weight is 177 g/mol. The van der Waals surface area contributed by atoms with Crippen LogP contribution < -0.4 is 5.73 Å². The molecular weight excluding hydrogens is 161 g/mol. The summed E-state index contributed by atoms with van der Waals surface area (Å²) in [6.45, 7) is 2.94. The Morgan fingerprint density at radius 3 is 2.42 bits per heavy atom. The normalized spacial score (nSPS) is 16.1. The van der Waals surface area contributed by atoms with Crippen molar-refractivity contribution in [1.82, 2.24) is 0 Å². The molecule has 0 spiro atoms. The molecule has 0 fully saturated rings. The summed E-state index contributed by atoms with van der Waals surface area (Å²) in [4.78, 5) is 10.7. The van der Waals surface area contributed by atoms with Crippen molar-refractivity contribution in [2.75, 3.05) is 6.67 Å². The fourth-order valence-corrected chi connectivity index (χ4v) is 1.00. The van der Waals surface area contributed by atoms with Crippen molar-refractivity contribution in [3.63, 3.8) is 0 Å². The number of carboxylic acid groups (broad SMARTS) is 1. The van der Waals surface area contributed by atoms with Gasteiger partial charge in [0.1, 0.15) is 5.54 Å². The third-order valence-corrected chi connectivity index (χ3v) is 2.15. The summed E-state index contributed by atoms with van der Waals surface area (Å²) in [5, 5.41) is 8.78. The van der Waals surface area contributed by atoms with Crippen LogP contribution in [0.4, 0.5) is 4.39 Å². The maximum atomic E-state index is 11.8. The summed E-state index contributed by atoms with van der Waals surface area (Å²) in [6, 6.07) is 0. The third-order valence-electron chi connectivity index (χ3n) is 2.15. The minimum Gasteiger partial charge on any atom is -0.480 e. The standard InChI is InChI=1S/C8H16FNO2/c1-6(2)8(10,7(11)12)4-3-5-9/h6H,3-5,10H2,1-2H3,(H,11,12)/t8-/m0/s1. The molecule has 0 bridgehead atoms. The molecule has 0 aliphatic heterocycles. The Kier molecular flexibility index (Phi) is 4.17. The van der Waals surface area contributed by atoms with E-state index >= 15 is 0 Å². The molecule has 0 unspecified atom stereocenters. The van der Waals surface area contributed by atoms with E-state index in [0.717, 1.165) is 0 Å². The quantitative estimate of drug-likeness (QED) is 0.662. The van der Waals surface area contributed by atoms with E-state index in [9.17, 15) is 9.18 Å². The van der Waals surface area contributed by atoms with Crippen molar-refractivity contribution >= 4 is 5.97 Å². The first-order valence-corrected chi connectivity index (χ1v) is 4.03. The Morgan fingerprint density at radius 1 is 1.67 bits per heavy atom. The first-order chi connectivity index (χ1) is 5.45. The minimum atomic E-state index is -1.27. The second-order valence-electron chi connectivity index (χ2n) is 3.29. The fourth-order valence-electron chi connectivity index (χ4n) is 1.00. The Bertz CT molecular complexity index is 161. The number of aliphatic carboxylic acids is 1. The molecule has 0 aliphatic rings. The minimum absolute atomic E-state index is 0.179. The molecule has 0 saturated carbocycles. The molecule has 72 valence electrons. The van der Waals surface area contributed by atoms with Crippen LogP contribution in [-0.4, -0.2) is 23.3 Å². The van der Waals surface area contributed by atoms with Crippen LogP contribution in [0, 0.1) is 5.92 Å². The van der Waals surface area contributed by atoms with E-state index in [1.54, 1.807) is 13.8 Å². The number of rotatable bonds is 5. The van der Waals surface area contributed by atoms with Gasteiger partial charge in [0.05, 0.1) is 6.67 Å². The van der Waals surface area contributed by atoms with Gasteiger partial charge in [-0.1, -0.05) is 13.8 Å². The van der Waals surface area contributed by atoms with E-state index in [4.69, 9.17) is 10.8 Å². The molecule has 1 atom stereocenters. The van der Waals surface area contributed by atoms with Crippen molar-refractivity contribution in [3.05, 3.63) is 0 Å². The van der Waals surface area contributed by atoms with Gasteiger partial charge in [-0.25, -0.2) is 0 Å². The molecule has 0 radical (unpaired) electrons. The Balaban J connectivity index is 4.29. The second kappa shape index (κ2) is 4.40. The van der Waals surface area contributed by atoms with Gasteiger partial charge < -0.3 is 10.8 Å². The third kappa shape index (κ3) is 2.44. The smallest absolute Gasteiger partial charge is 0.323 e. The van der Waals surface area contributed by atoms with Crippen molar-refractivity contribution in [1.29, 1.82) is 0 Å². The van der Waals surface area contributed by atoms with Gasteiger partial charge in [-0.2, -0.15) is 0 Å². The lowest BCUT2D eigenvalue weighted by Gasteiger charge is -2.28. The van der Waals surface area contributed by atoms with Crippen molar-refractivity contribution in [2.24, 2.45) is 11.7 Å². The fraction of sp³-hybridized carbons (Fsp3) is 0.875. The highest BCUT2D eigenvalue weighted by Crippen LogP contribution is 2.20. The molecule has 0 rings (SSSR count). The topological polar surface area (TPSA) is 63.3 Å². The van der Waals surface area contributed by atoms with Crippen LogP contribution >= 0.6 is 0 Å². The molecule has 4 heteroatoms. The molecule has 0 aliphatic carbocycles.